The lowest BCUT2D eigenvalue weighted by atomic mass is 10.0. The van der Waals surface area contributed by atoms with Gasteiger partial charge in [-0.25, -0.2) is 0 Å². The van der Waals surface area contributed by atoms with E-state index in [1.54, 1.807) is 12.5 Å². The lowest BCUT2D eigenvalue weighted by Gasteiger charge is -2.17. The van der Waals surface area contributed by atoms with Crippen molar-refractivity contribution in [2.75, 3.05) is 0 Å². The highest BCUT2D eigenvalue weighted by Crippen LogP contribution is 2.23. The van der Waals surface area contributed by atoms with Crippen LogP contribution in [0.25, 0.3) is 0 Å². The van der Waals surface area contributed by atoms with Crippen LogP contribution < -0.4 is 0 Å². The summed E-state index contributed by atoms with van der Waals surface area (Å²) in [5.74, 6) is 0. The Morgan fingerprint density at radius 3 is 3.00 bits per heavy atom. The van der Waals surface area contributed by atoms with Gasteiger partial charge in [0.25, 0.3) is 0 Å². The quantitative estimate of drug-likeness (QED) is 0.800. The predicted octanol–water partition coefficient (Wildman–Crippen LogP) is 1.75. The molecule has 0 spiro atoms. The topological polar surface area (TPSA) is 42.6 Å². The van der Waals surface area contributed by atoms with Crippen molar-refractivity contribution in [3.8, 4) is 0 Å². The minimum Gasteiger partial charge on any atom is -0.472 e. The zero-order valence-electron chi connectivity index (χ0n) is 8.35. The first-order valence-corrected chi connectivity index (χ1v) is 5.10. The van der Waals surface area contributed by atoms with Crippen molar-refractivity contribution in [3.05, 3.63) is 24.2 Å². The first-order valence-electron chi connectivity index (χ1n) is 5.10. The van der Waals surface area contributed by atoms with Crippen molar-refractivity contribution in [2.24, 2.45) is 0 Å². The molecule has 3 atom stereocenters. The van der Waals surface area contributed by atoms with Crippen LogP contribution in [0.5, 0.6) is 0 Å². The Labute approximate surface area is 83.7 Å². The summed E-state index contributed by atoms with van der Waals surface area (Å²) in [6.07, 6.45) is 5.81. The van der Waals surface area contributed by atoms with Gasteiger partial charge < -0.3 is 14.3 Å². The average Bonchev–Trinajstić information content (AvgIpc) is 2.75. The van der Waals surface area contributed by atoms with Gasteiger partial charge in [-0.15, -0.1) is 0 Å². The minimum absolute atomic E-state index is 0.0000926. The van der Waals surface area contributed by atoms with Crippen molar-refractivity contribution in [1.82, 2.24) is 0 Å². The minimum atomic E-state index is -0.405. The molecule has 3 heteroatoms. The summed E-state index contributed by atoms with van der Waals surface area (Å²) in [6, 6.07) is 1.88. The van der Waals surface area contributed by atoms with Crippen molar-refractivity contribution in [2.45, 2.75) is 44.5 Å². The van der Waals surface area contributed by atoms with Crippen LogP contribution in [0.3, 0.4) is 0 Å². The molecule has 3 nitrogen and oxygen atoms in total. The van der Waals surface area contributed by atoms with Gasteiger partial charge in [0.05, 0.1) is 30.8 Å². The molecule has 2 rings (SSSR count). The van der Waals surface area contributed by atoms with E-state index < -0.39 is 6.10 Å². The normalized spacial score (nSPS) is 29.3. The van der Waals surface area contributed by atoms with E-state index in [1.807, 2.05) is 13.0 Å². The van der Waals surface area contributed by atoms with Crippen LogP contribution in [0.4, 0.5) is 0 Å². The molecule has 1 aromatic heterocycles. The van der Waals surface area contributed by atoms with Crippen LogP contribution in [0.2, 0.25) is 0 Å². The summed E-state index contributed by atoms with van der Waals surface area (Å²) in [4.78, 5) is 0. The molecule has 78 valence electrons. The molecule has 0 saturated carbocycles. The van der Waals surface area contributed by atoms with Gasteiger partial charge in [-0.1, -0.05) is 0 Å². The number of hydrogen-bond acceptors (Lipinski definition) is 3. The second-order valence-electron chi connectivity index (χ2n) is 3.97. The molecule has 0 radical (unpaired) electrons. The lowest BCUT2D eigenvalue weighted by Crippen LogP contribution is -2.27. The first-order chi connectivity index (χ1) is 6.75. The van der Waals surface area contributed by atoms with E-state index in [2.05, 4.69) is 0 Å². The summed E-state index contributed by atoms with van der Waals surface area (Å²) in [7, 11) is 0. The van der Waals surface area contributed by atoms with Gasteiger partial charge in [-0.05, 0) is 31.4 Å². The van der Waals surface area contributed by atoms with Crippen LogP contribution >= 0.6 is 0 Å². The van der Waals surface area contributed by atoms with Gasteiger partial charge in [0.2, 0.25) is 0 Å². The Morgan fingerprint density at radius 2 is 2.43 bits per heavy atom. The zero-order valence-corrected chi connectivity index (χ0v) is 8.35. The third kappa shape index (κ3) is 2.16. The second kappa shape index (κ2) is 4.15. The number of rotatable bonds is 3. The third-order valence-electron chi connectivity index (χ3n) is 2.72. The molecule has 1 aliphatic rings. The molecule has 14 heavy (non-hydrogen) atoms. The molecule has 1 fully saturated rings. The van der Waals surface area contributed by atoms with E-state index in [1.165, 1.54) is 0 Å². The molecule has 1 saturated heterocycles. The standard InChI is InChI=1S/C11H16O3/c1-8-2-3-11(14-8)10(12)6-9-4-5-13-7-9/h4-5,7-8,10-12H,2-3,6H2,1H3. The summed E-state index contributed by atoms with van der Waals surface area (Å²) < 4.78 is 10.5. The van der Waals surface area contributed by atoms with Crippen LogP contribution in [-0.4, -0.2) is 23.4 Å². The van der Waals surface area contributed by atoms with Crippen molar-refractivity contribution >= 4 is 0 Å². The molecule has 0 bridgehead atoms. The lowest BCUT2D eigenvalue weighted by molar-refractivity contribution is -0.0278. The zero-order chi connectivity index (χ0) is 9.97. The van der Waals surface area contributed by atoms with Crippen molar-refractivity contribution in [1.29, 1.82) is 0 Å². The summed E-state index contributed by atoms with van der Waals surface area (Å²) in [5.41, 5.74) is 1.03. The summed E-state index contributed by atoms with van der Waals surface area (Å²) >= 11 is 0. The van der Waals surface area contributed by atoms with Gasteiger partial charge in [-0.2, -0.15) is 0 Å². The number of aliphatic hydroxyl groups excluding tert-OH is 1. The van der Waals surface area contributed by atoms with E-state index in [4.69, 9.17) is 9.15 Å². The van der Waals surface area contributed by atoms with E-state index in [0.29, 0.717) is 12.5 Å². The Bertz CT molecular complexity index is 268. The number of hydrogen-bond donors (Lipinski definition) is 1. The fourth-order valence-electron chi connectivity index (χ4n) is 1.90. The Kier molecular flexibility index (Phi) is 2.89. The molecular formula is C11H16O3. The van der Waals surface area contributed by atoms with E-state index in [9.17, 15) is 5.11 Å². The van der Waals surface area contributed by atoms with Crippen molar-refractivity contribution < 1.29 is 14.3 Å². The van der Waals surface area contributed by atoms with Crippen LogP contribution in [0, 0.1) is 0 Å². The Morgan fingerprint density at radius 1 is 1.57 bits per heavy atom. The summed E-state index contributed by atoms with van der Waals surface area (Å²) in [6.45, 7) is 2.05. The van der Waals surface area contributed by atoms with Crippen LogP contribution in [-0.2, 0) is 11.2 Å². The SMILES string of the molecule is CC1CCC(C(O)Cc2ccoc2)O1. The fourth-order valence-corrected chi connectivity index (χ4v) is 1.90. The Hall–Kier alpha value is -0.800. The first kappa shape index (κ1) is 9.74. The van der Waals surface area contributed by atoms with Gasteiger partial charge in [-0.3, -0.25) is 0 Å². The molecule has 0 aromatic carbocycles. The number of ether oxygens (including phenoxy) is 1. The second-order valence-corrected chi connectivity index (χ2v) is 3.97. The van der Waals surface area contributed by atoms with E-state index in [0.717, 1.165) is 18.4 Å². The van der Waals surface area contributed by atoms with Crippen LogP contribution in [0.1, 0.15) is 25.3 Å². The van der Waals surface area contributed by atoms with Crippen LogP contribution in [0.15, 0.2) is 23.0 Å². The maximum absolute atomic E-state index is 9.87. The largest absolute Gasteiger partial charge is 0.472 e. The molecular weight excluding hydrogens is 180 g/mol. The molecule has 2 heterocycles. The molecule has 1 aliphatic heterocycles. The Balaban J connectivity index is 1.87. The van der Waals surface area contributed by atoms with Gasteiger partial charge in [0.1, 0.15) is 0 Å². The monoisotopic (exact) mass is 196 g/mol. The fraction of sp³-hybridized carbons (Fsp3) is 0.636. The van der Waals surface area contributed by atoms with Gasteiger partial charge >= 0.3 is 0 Å². The maximum Gasteiger partial charge on any atom is 0.0935 e. The third-order valence-corrected chi connectivity index (χ3v) is 2.72. The van der Waals surface area contributed by atoms with E-state index >= 15 is 0 Å². The average molecular weight is 196 g/mol. The van der Waals surface area contributed by atoms with Gasteiger partial charge in [0.15, 0.2) is 0 Å². The number of furan rings is 1. The highest BCUT2D eigenvalue weighted by molar-refractivity contribution is 5.07. The molecule has 0 amide bonds. The van der Waals surface area contributed by atoms with E-state index in [-0.39, 0.29) is 6.10 Å². The molecule has 1 N–H and O–H groups in total. The maximum atomic E-state index is 9.87. The predicted molar refractivity (Wildman–Crippen MR) is 52.0 cm³/mol. The van der Waals surface area contributed by atoms with Gasteiger partial charge in [0, 0.05) is 6.42 Å². The smallest absolute Gasteiger partial charge is 0.0935 e. The highest BCUT2D eigenvalue weighted by Gasteiger charge is 2.28. The molecule has 3 unspecified atom stereocenters. The molecule has 0 aliphatic carbocycles. The molecule has 1 aromatic rings. The summed E-state index contributed by atoms with van der Waals surface area (Å²) in [5, 5.41) is 9.87. The number of aliphatic hydroxyl groups is 1. The van der Waals surface area contributed by atoms with Crippen molar-refractivity contribution in [3.63, 3.8) is 0 Å². The highest BCUT2D eigenvalue weighted by atomic mass is 16.5.